The number of halogens is 1. The number of nitrogens with zero attached hydrogens (tertiary/aromatic N) is 1. The molecule has 0 saturated carbocycles. The molecule has 128 valence electrons. The van der Waals surface area contributed by atoms with E-state index in [1.807, 2.05) is 6.07 Å². The second-order valence-corrected chi connectivity index (χ2v) is 6.25. The van der Waals surface area contributed by atoms with Crippen LogP contribution < -0.4 is 9.47 Å². The number of rotatable bonds is 8. The summed E-state index contributed by atoms with van der Waals surface area (Å²) in [5, 5.41) is 0.866. The molecule has 6 heteroatoms. The van der Waals surface area contributed by atoms with Gasteiger partial charge < -0.3 is 14.2 Å². The molecule has 0 aromatic heterocycles. The Morgan fingerprint density at radius 3 is 2.70 bits per heavy atom. The van der Waals surface area contributed by atoms with E-state index >= 15 is 0 Å². The number of carbonyl (C=O) groups is 1. The summed E-state index contributed by atoms with van der Waals surface area (Å²) in [6.45, 7) is 6.02. The Bertz CT molecular complexity index is 530. The minimum absolute atomic E-state index is 0.00437. The highest BCUT2D eigenvalue weighted by atomic mass is 79.9. The molecule has 0 amide bonds. The summed E-state index contributed by atoms with van der Waals surface area (Å²) >= 11 is 3.40. The maximum absolute atomic E-state index is 12.0. The number of alkyl halides is 1. The van der Waals surface area contributed by atoms with Crippen LogP contribution in [0.25, 0.3) is 0 Å². The van der Waals surface area contributed by atoms with Crippen LogP contribution in [0.4, 0.5) is 0 Å². The van der Waals surface area contributed by atoms with Crippen molar-refractivity contribution in [1.82, 2.24) is 4.90 Å². The van der Waals surface area contributed by atoms with Crippen molar-refractivity contribution in [3.63, 3.8) is 0 Å². The molecule has 1 saturated heterocycles. The Balaban J connectivity index is 2.32. The van der Waals surface area contributed by atoms with Gasteiger partial charge in [0.25, 0.3) is 0 Å². The van der Waals surface area contributed by atoms with Gasteiger partial charge in [-0.2, -0.15) is 0 Å². The molecule has 1 fully saturated rings. The average molecular weight is 386 g/mol. The fourth-order valence-corrected chi connectivity index (χ4v) is 2.83. The van der Waals surface area contributed by atoms with Gasteiger partial charge in [0.2, 0.25) is 0 Å². The van der Waals surface area contributed by atoms with Gasteiger partial charge in [-0.25, -0.2) is 0 Å². The summed E-state index contributed by atoms with van der Waals surface area (Å²) in [5.74, 6) is 1.42. The number of carbonyl (C=O) groups excluding carboxylic acids is 1. The minimum atomic E-state index is 0.00437. The Morgan fingerprint density at radius 1 is 1.35 bits per heavy atom. The molecule has 0 N–H and O–H groups in total. The van der Waals surface area contributed by atoms with Gasteiger partial charge in [-0.15, -0.1) is 0 Å². The van der Waals surface area contributed by atoms with Crippen LogP contribution in [0.1, 0.15) is 29.3 Å². The molecule has 2 rings (SSSR count). The van der Waals surface area contributed by atoms with E-state index in [9.17, 15) is 4.79 Å². The lowest BCUT2D eigenvalue weighted by atomic mass is 10.0. The first-order valence-corrected chi connectivity index (χ1v) is 8.99. The molecule has 0 spiro atoms. The van der Waals surface area contributed by atoms with Crippen LogP contribution >= 0.6 is 15.9 Å². The van der Waals surface area contributed by atoms with E-state index in [0.717, 1.165) is 49.4 Å². The van der Waals surface area contributed by atoms with Gasteiger partial charge in [0.05, 0.1) is 38.1 Å². The molecule has 0 bridgehead atoms. The third-order valence-corrected chi connectivity index (χ3v) is 4.39. The largest absolute Gasteiger partial charge is 0.496 e. The number of ether oxygens (including phenoxy) is 3. The third kappa shape index (κ3) is 4.93. The van der Waals surface area contributed by atoms with E-state index in [-0.39, 0.29) is 5.78 Å². The Labute approximate surface area is 146 Å². The minimum Gasteiger partial charge on any atom is -0.496 e. The number of benzene rings is 1. The highest BCUT2D eigenvalue weighted by Crippen LogP contribution is 2.34. The average Bonchev–Trinajstić information content (AvgIpc) is 2.56. The van der Waals surface area contributed by atoms with E-state index < -0.39 is 0 Å². The van der Waals surface area contributed by atoms with Crippen molar-refractivity contribution >= 4 is 21.7 Å². The van der Waals surface area contributed by atoms with Crippen molar-refractivity contribution in [2.45, 2.75) is 19.9 Å². The van der Waals surface area contributed by atoms with E-state index in [4.69, 9.17) is 14.2 Å². The molecule has 0 atom stereocenters. The summed E-state index contributed by atoms with van der Waals surface area (Å²) in [6.07, 6.45) is 0.881. The quantitative estimate of drug-likeness (QED) is 0.391. The Kier molecular flexibility index (Phi) is 7.33. The molecule has 1 heterocycles. The lowest BCUT2D eigenvalue weighted by Gasteiger charge is -2.28. The van der Waals surface area contributed by atoms with Gasteiger partial charge in [0.15, 0.2) is 5.78 Å². The first-order valence-electron chi connectivity index (χ1n) is 7.87. The summed E-state index contributed by atoms with van der Waals surface area (Å²) in [4.78, 5) is 14.3. The first-order chi connectivity index (χ1) is 11.2. The first kappa shape index (κ1) is 18.2. The van der Waals surface area contributed by atoms with Crippen molar-refractivity contribution in [2.24, 2.45) is 0 Å². The molecular weight excluding hydrogens is 362 g/mol. The molecule has 1 aromatic rings. The Hall–Kier alpha value is -1.11. The van der Waals surface area contributed by atoms with E-state index in [1.54, 1.807) is 20.1 Å². The Morgan fingerprint density at radius 2 is 2.09 bits per heavy atom. The summed E-state index contributed by atoms with van der Waals surface area (Å²) < 4.78 is 16.9. The van der Waals surface area contributed by atoms with Crippen LogP contribution in [0.3, 0.4) is 0 Å². The number of ketones is 1. The van der Waals surface area contributed by atoms with Crippen molar-refractivity contribution in [2.75, 3.05) is 45.4 Å². The molecule has 1 aliphatic rings. The molecule has 0 aliphatic carbocycles. The third-order valence-electron chi connectivity index (χ3n) is 3.83. The normalized spacial score (nSPS) is 15.4. The molecule has 23 heavy (non-hydrogen) atoms. The highest BCUT2D eigenvalue weighted by molar-refractivity contribution is 9.09. The van der Waals surface area contributed by atoms with Crippen molar-refractivity contribution in [1.29, 1.82) is 0 Å². The molecule has 1 aromatic carbocycles. The van der Waals surface area contributed by atoms with Crippen molar-refractivity contribution in [3.8, 4) is 11.5 Å². The van der Waals surface area contributed by atoms with Gasteiger partial charge >= 0.3 is 0 Å². The maximum Gasteiger partial charge on any atom is 0.163 e. The number of hydrogen-bond acceptors (Lipinski definition) is 5. The van der Waals surface area contributed by atoms with Crippen LogP contribution in [-0.4, -0.2) is 56.0 Å². The fourth-order valence-electron chi connectivity index (χ4n) is 2.60. The SMILES string of the molecule is COc1ccc(C(C)=O)c(OCCCBr)c1CN1CCOCC1. The summed E-state index contributed by atoms with van der Waals surface area (Å²) in [6, 6.07) is 3.64. The van der Waals surface area contributed by atoms with Crippen LogP contribution in [-0.2, 0) is 11.3 Å². The van der Waals surface area contributed by atoms with E-state index in [2.05, 4.69) is 20.8 Å². The topological polar surface area (TPSA) is 48.0 Å². The summed E-state index contributed by atoms with van der Waals surface area (Å²) in [5.41, 5.74) is 1.56. The van der Waals surface area contributed by atoms with Gasteiger partial charge in [-0.3, -0.25) is 9.69 Å². The van der Waals surface area contributed by atoms with E-state index in [0.29, 0.717) is 24.5 Å². The lowest BCUT2D eigenvalue weighted by molar-refractivity contribution is 0.0334. The molecule has 1 aliphatic heterocycles. The zero-order chi connectivity index (χ0) is 16.7. The number of methoxy groups -OCH3 is 1. The van der Waals surface area contributed by atoms with Crippen LogP contribution in [0, 0.1) is 0 Å². The van der Waals surface area contributed by atoms with Crippen LogP contribution in [0.5, 0.6) is 11.5 Å². The highest BCUT2D eigenvalue weighted by Gasteiger charge is 2.21. The smallest absolute Gasteiger partial charge is 0.163 e. The van der Waals surface area contributed by atoms with Crippen molar-refractivity contribution < 1.29 is 19.0 Å². The van der Waals surface area contributed by atoms with Crippen molar-refractivity contribution in [3.05, 3.63) is 23.3 Å². The van der Waals surface area contributed by atoms with Crippen LogP contribution in [0.15, 0.2) is 12.1 Å². The predicted octanol–water partition coefficient (Wildman–Crippen LogP) is 2.89. The van der Waals surface area contributed by atoms with Gasteiger partial charge in [-0.1, -0.05) is 15.9 Å². The lowest BCUT2D eigenvalue weighted by Crippen LogP contribution is -2.36. The predicted molar refractivity (Wildman–Crippen MR) is 93.0 cm³/mol. The second kappa shape index (κ2) is 9.25. The number of morpholine rings is 1. The molecular formula is C17H24BrNO4. The maximum atomic E-state index is 12.0. The molecule has 5 nitrogen and oxygen atoms in total. The number of hydrogen-bond donors (Lipinski definition) is 0. The van der Waals surface area contributed by atoms with Gasteiger partial charge in [0, 0.05) is 25.0 Å². The fraction of sp³-hybridized carbons (Fsp3) is 0.588. The standard InChI is InChI=1S/C17H24BrNO4/c1-13(20)14-4-5-16(21-2)15(17(14)23-9-3-6-18)12-19-7-10-22-11-8-19/h4-5H,3,6-12H2,1-2H3. The van der Waals surface area contributed by atoms with Gasteiger partial charge in [-0.05, 0) is 25.5 Å². The molecule has 0 unspecified atom stereocenters. The van der Waals surface area contributed by atoms with E-state index in [1.165, 1.54) is 0 Å². The molecule has 0 radical (unpaired) electrons. The second-order valence-electron chi connectivity index (χ2n) is 5.46. The van der Waals surface area contributed by atoms with Crippen LogP contribution in [0.2, 0.25) is 0 Å². The number of Topliss-reactive ketones (excluding diaryl/α,β-unsaturated/α-hetero) is 1. The zero-order valence-electron chi connectivity index (χ0n) is 13.8. The monoisotopic (exact) mass is 385 g/mol. The van der Waals surface area contributed by atoms with Gasteiger partial charge in [0.1, 0.15) is 11.5 Å². The zero-order valence-corrected chi connectivity index (χ0v) is 15.4. The summed E-state index contributed by atoms with van der Waals surface area (Å²) in [7, 11) is 1.65.